The monoisotopic (exact) mass is 554 g/mol. The summed E-state index contributed by atoms with van der Waals surface area (Å²) < 4.78 is 45.2. The van der Waals surface area contributed by atoms with Crippen LogP contribution in [0.25, 0.3) is 22.1 Å². The number of aromatic nitrogens is 1. The van der Waals surface area contributed by atoms with Crippen molar-refractivity contribution in [3.63, 3.8) is 0 Å². The Bertz CT molecular complexity index is 1630. The first-order chi connectivity index (χ1) is 18.5. The Kier molecular flexibility index (Phi) is 7.23. The summed E-state index contributed by atoms with van der Waals surface area (Å²) in [5.74, 6) is 6.20. The first-order valence-corrected chi connectivity index (χ1v) is 12.4. The fourth-order valence-electron chi connectivity index (χ4n) is 4.46. The van der Waals surface area contributed by atoms with Crippen molar-refractivity contribution in [2.45, 2.75) is 30.8 Å². The van der Waals surface area contributed by atoms with E-state index in [-0.39, 0.29) is 24.3 Å². The van der Waals surface area contributed by atoms with Crippen LogP contribution >= 0.6 is 11.6 Å². The van der Waals surface area contributed by atoms with Gasteiger partial charge in [-0.25, -0.2) is 4.98 Å². The van der Waals surface area contributed by atoms with Crippen LogP contribution in [0, 0.1) is 11.8 Å². The highest BCUT2D eigenvalue weighted by molar-refractivity contribution is 6.30. The Balaban J connectivity index is 1.29. The number of likely N-dealkylation sites (tertiary alicyclic amines) is 1. The summed E-state index contributed by atoms with van der Waals surface area (Å²) in [4.78, 5) is 18.7. The molecule has 1 aliphatic rings. The molecule has 0 aliphatic carbocycles. The molecular weight excluding hydrogens is 533 g/mol. The van der Waals surface area contributed by atoms with E-state index in [9.17, 15) is 28.2 Å². The molecule has 2 aromatic heterocycles. The van der Waals surface area contributed by atoms with Crippen molar-refractivity contribution in [2.24, 2.45) is 0 Å². The maximum atomic E-state index is 13.1. The van der Waals surface area contributed by atoms with Gasteiger partial charge in [0.2, 0.25) is 0 Å². The highest BCUT2D eigenvalue weighted by Gasteiger charge is 2.59. The van der Waals surface area contributed by atoms with E-state index >= 15 is 0 Å². The molecule has 0 saturated carbocycles. The number of nitrogens with zero attached hydrogens (tertiary/aromatic N) is 2. The minimum absolute atomic E-state index is 0.00934. The Morgan fingerprint density at radius 3 is 2.49 bits per heavy atom. The van der Waals surface area contributed by atoms with Crippen LogP contribution in [0.5, 0.6) is 0 Å². The van der Waals surface area contributed by atoms with E-state index in [1.165, 1.54) is 11.0 Å². The molecule has 0 amide bonds. The molecule has 0 radical (unpaired) electrons. The van der Waals surface area contributed by atoms with Crippen LogP contribution < -0.4 is 5.43 Å². The van der Waals surface area contributed by atoms with E-state index in [0.29, 0.717) is 27.2 Å². The topological polar surface area (TPSA) is 86.8 Å². The van der Waals surface area contributed by atoms with E-state index in [2.05, 4.69) is 16.8 Å². The normalized spacial score (nSPS) is 20.0. The number of alkyl halides is 3. The molecule has 6 nitrogen and oxygen atoms in total. The van der Waals surface area contributed by atoms with Crippen molar-refractivity contribution in [1.82, 2.24) is 9.88 Å². The number of piperidine rings is 1. The maximum Gasteiger partial charge on any atom is 0.419 e. The number of aliphatic hydroxyl groups excluding tert-OH is 1. The van der Waals surface area contributed by atoms with Crippen molar-refractivity contribution in [2.75, 3.05) is 13.1 Å². The number of halogens is 4. The molecule has 2 N–H and O–H groups in total. The minimum Gasteiger partial charge on any atom is -0.459 e. The molecule has 200 valence electrons. The predicted octanol–water partition coefficient (Wildman–Crippen LogP) is 4.77. The third-order valence-corrected chi connectivity index (χ3v) is 6.97. The Labute approximate surface area is 226 Å². The SMILES string of the molecule is O=c1cc(CN2CC[C@@](O)(C(F)(F)F)[C@H](O)C2)oc2ccc(C#Cc3ccc(-c4ccc(Cl)cc4)cn3)cc12. The van der Waals surface area contributed by atoms with E-state index in [1.807, 2.05) is 18.2 Å². The van der Waals surface area contributed by atoms with Gasteiger partial charge in [0.05, 0.1) is 11.9 Å². The van der Waals surface area contributed by atoms with Crippen molar-refractivity contribution < 1.29 is 27.8 Å². The van der Waals surface area contributed by atoms with Gasteiger partial charge in [0.25, 0.3) is 0 Å². The largest absolute Gasteiger partial charge is 0.459 e. The van der Waals surface area contributed by atoms with E-state index < -0.39 is 30.8 Å². The lowest BCUT2D eigenvalue weighted by Gasteiger charge is -2.42. The standard InChI is InChI=1S/C29H22ClF3N2O4/c30-21-6-3-19(4-7-21)20-5-9-22(34-15-20)8-1-18-2-10-26-24(13-18)25(36)14-23(39-26)16-35-12-11-28(38,27(37)17-35)29(31,32)33/h2-7,9-10,13-15,27,37-38H,11-12,16-17H2/t27-,28+/m1/s1. The molecule has 0 spiro atoms. The van der Waals surface area contributed by atoms with Gasteiger partial charge in [-0.2, -0.15) is 13.2 Å². The Morgan fingerprint density at radius 2 is 1.82 bits per heavy atom. The summed E-state index contributed by atoms with van der Waals surface area (Å²) in [6, 6.07) is 17.3. The van der Waals surface area contributed by atoms with Crippen molar-refractivity contribution >= 4 is 22.6 Å². The second-order valence-corrected chi connectivity index (χ2v) is 9.84. The van der Waals surface area contributed by atoms with Gasteiger partial charge in [0.1, 0.15) is 23.1 Å². The second kappa shape index (κ2) is 10.5. The summed E-state index contributed by atoms with van der Waals surface area (Å²) >= 11 is 5.93. The first kappa shape index (κ1) is 26.9. The van der Waals surface area contributed by atoms with E-state index in [1.54, 1.807) is 42.6 Å². The third-order valence-electron chi connectivity index (χ3n) is 6.72. The Morgan fingerprint density at radius 1 is 1.08 bits per heavy atom. The van der Waals surface area contributed by atoms with E-state index in [0.717, 1.165) is 11.1 Å². The lowest BCUT2D eigenvalue weighted by Crippen LogP contribution is -2.62. The number of fused-ring (bicyclic) bond motifs is 1. The number of benzene rings is 2. The molecule has 3 heterocycles. The van der Waals surface area contributed by atoms with Crippen LogP contribution in [-0.2, 0) is 6.54 Å². The predicted molar refractivity (Wildman–Crippen MR) is 140 cm³/mol. The molecule has 1 fully saturated rings. The van der Waals surface area contributed by atoms with Gasteiger partial charge in [-0.3, -0.25) is 9.69 Å². The van der Waals surface area contributed by atoms with Crippen LogP contribution in [0.15, 0.2) is 76.1 Å². The average molecular weight is 555 g/mol. The van der Waals surface area contributed by atoms with Gasteiger partial charge >= 0.3 is 6.18 Å². The summed E-state index contributed by atoms with van der Waals surface area (Å²) in [5, 5.41) is 20.8. The van der Waals surface area contributed by atoms with Crippen LogP contribution in [0.3, 0.4) is 0 Å². The summed E-state index contributed by atoms with van der Waals surface area (Å²) in [7, 11) is 0. The quantitative estimate of drug-likeness (QED) is 0.355. The second-order valence-electron chi connectivity index (χ2n) is 9.40. The number of pyridine rings is 1. The van der Waals surface area contributed by atoms with Crippen LogP contribution in [-0.4, -0.2) is 51.1 Å². The molecule has 39 heavy (non-hydrogen) atoms. The lowest BCUT2D eigenvalue weighted by atomic mass is 9.88. The number of aliphatic hydroxyl groups is 2. The van der Waals surface area contributed by atoms with E-state index in [4.69, 9.17) is 16.0 Å². The molecule has 0 unspecified atom stereocenters. The van der Waals surface area contributed by atoms with Crippen molar-refractivity contribution in [3.8, 4) is 23.0 Å². The molecule has 0 bridgehead atoms. The molecule has 1 aliphatic heterocycles. The zero-order chi connectivity index (χ0) is 27.8. The average Bonchev–Trinajstić information content (AvgIpc) is 2.90. The fraction of sp³-hybridized carbons (Fsp3) is 0.241. The summed E-state index contributed by atoms with van der Waals surface area (Å²) in [6.45, 7) is -0.533. The third kappa shape index (κ3) is 5.70. The van der Waals surface area contributed by atoms with Crippen LogP contribution in [0.4, 0.5) is 13.2 Å². The van der Waals surface area contributed by atoms with Crippen molar-refractivity contribution in [3.05, 3.63) is 99.1 Å². The van der Waals surface area contributed by atoms with Gasteiger partial charge in [0.15, 0.2) is 11.0 Å². The van der Waals surface area contributed by atoms with Crippen LogP contribution in [0.1, 0.15) is 23.4 Å². The number of hydrogen-bond donors (Lipinski definition) is 2. The van der Waals surface area contributed by atoms with Gasteiger partial charge in [0, 0.05) is 47.9 Å². The lowest BCUT2D eigenvalue weighted by molar-refractivity contribution is -0.303. The molecule has 5 rings (SSSR count). The number of β-amino-alcohol motifs (C(OH)–C–C–N with tert-alkyl or cyclic N) is 1. The van der Waals surface area contributed by atoms with Crippen LogP contribution in [0.2, 0.25) is 5.02 Å². The van der Waals surface area contributed by atoms with Gasteiger partial charge in [-0.05, 0) is 47.9 Å². The zero-order valence-electron chi connectivity index (χ0n) is 20.4. The zero-order valence-corrected chi connectivity index (χ0v) is 21.1. The molecular formula is C29H22ClF3N2O4. The molecule has 2 atom stereocenters. The summed E-state index contributed by atoms with van der Waals surface area (Å²) in [6.07, 6.45) is -5.92. The maximum absolute atomic E-state index is 13.1. The van der Waals surface area contributed by atoms with Crippen molar-refractivity contribution in [1.29, 1.82) is 0 Å². The Hall–Kier alpha value is -3.68. The van der Waals surface area contributed by atoms with Gasteiger partial charge in [-0.1, -0.05) is 35.7 Å². The number of rotatable bonds is 3. The summed E-state index contributed by atoms with van der Waals surface area (Å²) in [5.41, 5.74) is -0.146. The van der Waals surface area contributed by atoms with Gasteiger partial charge < -0.3 is 14.6 Å². The smallest absolute Gasteiger partial charge is 0.419 e. The molecule has 2 aromatic carbocycles. The fourth-order valence-corrected chi connectivity index (χ4v) is 4.58. The molecule has 10 heteroatoms. The number of hydrogen-bond acceptors (Lipinski definition) is 6. The van der Waals surface area contributed by atoms with Gasteiger partial charge in [-0.15, -0.1) is 0 Å². The highest BCUT2D eigenvalue weighted by atomic mass is 35.5. The molecule has 1 saturated heterocycles. The minimum atomic E-state index is -4.94. The highest BCUT2D eigenvalue weighted by Crippen LogP contribution is 2.38. The molecule has 4 aromatic rings. The first-order valence-electron chi connectivity index (χ1n) is 12.0.